The second-order valence-electron chi connectivity index (χ2n) is 7.41. The maximum atomic E-state index is 2.34. The summed E-state index contributed by atoms with van der Waals surface area (Å²) in [4.78, 5) is 0. The van der Waals surface area contributed by atoms with Gasteiger partial charge in [0.05, 0.1) is 0 Å². The highest BCUT2D eigenvalue weighted by Crippen LogP contribution is 2.36. The van der Waals surface area contributed by atoms with Crippen molar-refractivity contribution in [1.82, 2.24) is 0 Å². The summed E-state index contributed by atoms with van der Waals surface area (Å²) in [6.07, 6.45) is 9.17. The lowest BCUT2D eigenvalue weighted by Gasteiger charge is -2.23. The minimum atomic E-state index is 0.230. The smallest absolute Gasteiger partial charge is 0.0125 e. The lowest BCUT2D eigenvalue weighted by atomic mass is 9.80. The summed E-state index contributed by atoms with van der Waals surface area (Å²) in [7, 11) is 0. The molecule has 0 spiro atoms. The fraction of sp³-hybridized carbons (Fsp3) is 0.0667. The third-order valence-electron chi connectivity index (χ3n) is 5.35. The van der Waals surface area contributed by atoms with Crippen molar-refractivity contribution in [2.45, 2.75) is 11.8 Å². The molecule has 0 aliphatic carbocycles. The summed E-state index contributed by atoms with van der Waals surface area (Å²) in [5, 5.41) is 0. The van der Waals surface area contributed by atoms with Crippen LogP contribution in [0.25, 0.3) is 12.2 Å². The highest BCUT2D eigenvalue weighted by Gasteiger charge is 2.20. The molecule has 0 bridgehead atoms. The van der Waals surface area contributed by atoms with Gasteiger partial charge >= 0.3 is 0 Å². The highest BCUT2D eigenvalue weighted by molar-refractivity contribution is 5.55. The minimum absolute atomic E-state index is 0.230. The van der Waals surface area contributed by atoms with Crippen LogP contribution < -0.4 is 0 Å². The molecule has 2 atom stereocenters. The van der Waals surface area contributed by atoms with E-state index < -0.39 is 0 Å². The lowest BCUT2D eigenvalue weighted by Crippen LogP contribution is -2.07. The molecule has 30 heavy (non-hydrogen) atoms. The van der Waals surface area contributed by atoms with Gasteiger partial charge in [0.25, 0.3) is 0 Å². The van der Waals surface area contributed by atoms with Gasteiger partial charge in [-0.1, -0.05) is 146 Å². The Bertz CT molecular complexity index is 971. The Morgan fingerprint density at radius 1 is 0.367 bits per heavy atom. The topological polar surface area (TPSA) is 0 Å². The molecule has 0 aromatic heterocycles. The van der Waals surface area contributed by atoms with Crippen LogP contribution in [-0.4, -0.2) is 0 Å². The molecule has 146 valence electrons. The standard InChI is InChI=1S/C30H26/c1-5-13-25(14-6-1)21-23-29(27-17-9-3-10-18-27)30(28-19-11-4-12-20-28)24-22-26-15-7-2-8-16-26/h1-24,29-30H/b23-21+,24-22+/t29-,30-/m0/s1. The summed E-state index contributed by atoms with van der Waals surface area (Å²) in [5.74, 6) is 0.461. The van der Waals surface area contributed by atoms with E-state index in [4.69, 9.17) is 0 Å². The quantitative estimate of drug-likeness (QED) is 0.302. The van der Waals surface area contributed by atoms with Crippen LogP contribution in [0.15, 0.2) is 133 Å². The normalized spacial score (nSPS) is 13.5. The van der Waals surface area contributed by atoms with Gasteiger partial charge < -0.3 is 0 Å². The number of rotatable bonds is 7. The van der Waals surface area contributed by atoms with Crippen LogP contribution in [-0.2, 0) is 0 Å². The molecule has 0 unspecified atom stereocenters. The molecule has 0 fully saturated rings. The second-order valence-corrected chi connectivity index (χ2v) is 7.41. The predicted octanol–water partition coefficient (Wildman–Crippen LogP) is 7.98. The SMILES string of the molecule is C(=C\[C@@H](c1ccccc1)[C@@H](/C=C/c1ccccc1)c1ccccc1)/c1ccccc1. The lowest BCUT2D eigenvalue weighted by molar-refractivity contribution is 0.743. The molecular formula is C30H26. The molecule has 4 aromatic carbocycles. The van der Waals surface area contributed by atoms with Crippen LogP contribution in [0.1, 0.15) is 34.1 Å². The Balaban J connectivity index is 1.76. The minimum Gasteiger partial charge on any atom is -0.0755 e. The number of hydrogen-bond donors (Lipinski definition) is 0. The molecule has 0 nitrogen and oxygen atoms in total. The van der Waals surface area contributed by atoms with Crippen LogP contribution in [0, 0.1) is 0 Å². The van der Waals surface area contributed by atoms with E-state index in [0.717, 1.165) is 0 Å². The van der Waals surface area contributed by atoms with Crippen molar-refractivity contribution in [2.75, 3.05) is 0 Å². The zero-order valence-corrected chi connectivity index (χ0v) is 17.0. The predicted molar refractivity (Wildman–Crippen MR) is 129 cm³/mol. The third-order valence-corrected chi connectivity index (χ3v) is 5.35. The van der Waals surface area contributed by atoms with Crippen molar-refractivity contribution >= 4 is 12.2 Å². The summed E-state index contributed by atoms with van der Waals surface area (Å²) < 4.78 is 0. The van der Waals surface area contributed by atoms with Gasteiger partial charge in [-0.2, -0.15) is 0 Å². The fourth-order valence-electron chi connectivity index (χ4n) is 3.78. The van der Waals surface area contributed by atoms with Crippen LogP contribution in [0.2, 0.25) is 0 Å². The number of benzene rings is 4. The molecule has 0 amide bonds. The van der Waals surface area contributed by atoms with E-state index in [2.05, 4.69) is 146 Å². The maximum absolute atomic E-state index is 2.34. The molecule has 0 heterocycles. The van der Waals surface area contributed by atoms with Crippen LogP contribution >= 0.6 is 0 Å². The van der Waals surface area contributed by atoms with Gasteiger partial charge in [-0.3, -0.25) is 0 Å². The molecular weight excluding hydrogens is 360 g/mol. The first-order valence-electron chi connectivity index (χ1n) is 10.5. The Labute approximate surface area is 179 Å². The van der Waals surface area contributed by atoms with E-state index in [1.807, 2.05) is 0 Å². The van der Waals surface area contributed by atoms with Crippen molar-refractivity contribution in [3.8, 4) is 0 Å². The largest absolute Gasteiger partial charge is 0.0755 e. The maximum Gasteiger partial charge on any atom is 0.0125 e. The summed E-state index contributed by atoms with van der Waals surface area (Å²) in [6, 6.07) is 42.6. The Morgan fingerprint density at radius 3 is 1.00 bits per heavy atom. The Kier molecular flexibility index (Phi) is 6.70. The van der Waals surface area contributed by atoms with Crippen molar-refractivity contribution < 1.29 is 0 Å². The molecule has 0 aliphatic rings. The molecule has 0 saturated carbocycles. The average Bonchev–Trinajstić information content (AvgIpc) is 2.83. The molecule has 0 saturated heterocycles. The average molecular weight is 387 g/mol. The van der Waals surface area contributed by atoms with Crippen molar-refractivity contribution in [2.24, 2.45) is 0 Å². The molecule has 4 rings (SSSR count). The summed E-state index contributed by atoms with van der Waals surface area (Å²) in [5.41, 5.74) is 5.07. The molecule has 0 aliphatic heterocycles. The zero-order chi connectivity index (χ0) is 20.4. The monoisotopic (exact) mass is 386 g/mol. The zero-order valence-electron chi connectivity index (χ0n) is 17.0. The van der Waals surface area contributed by atoms with Gasteiger partial charge in [-0.25, -0.2) is 0 Å². The van der Waals surface area contributed by atoms with Crippen molar-refractivity contribution in [3.63, 3.8) is 0 Å². The van der Waals surface area contributed by atoms with E-state index in [9.17, 15) is 0 Å². The molecule has 0 heteroatoms. The van der Waals surface area contributed by atoms with E-state index in [1.54, 1.807) is 0 Å². The van der Waals surface area contributed by atoms with E-state index in [0.29, 0.717) is 0 Å². The number of hydrogen-bond acceptors (Lipinski definition) is 0. The van der Waals surface area contributed by atoms with Crippen LogP contribution in [0.3, 0.4) is 0 Å². The summed E-state index contributed by atoms with van der Waals surface area (Å²) in [6.45, 7) is 0. The first-order valence-corrected chi connectivity index (χ1v) is 10.5. The van der Waals surface area contributed by atoms with Crippen molar-refractivity contribution in [3.05, 3.63) is 156 Å². The van der Waals surface area contributed by atoms with Crippen LogP contribution in [0.5, 0.6) is 0 Å². The Hall–Kier alpha value is -3.64. The second kappa shape index (κ2) is 10.2. The van der Waals surface area contributed by atoms with E-state index in [1.165, 1.54) is 22.3 Å². The van der Waals surface area contributed by atoms with Gasteiger partial charge in [0.15, 0.2) is 0 Å². The molecule has 0 radical (unpaired) electrons. The van der Waals surface area contributed by atoms with Crippen LogP contribution in [0.4, 0.5) is 0 Å². The van der Waals surface area contributed by atoms with Gasteiger partial charge in [0, 0.05) is 11.8 Å². The van der Waals surface area contributed by atoms with Gasteiger partial charge in [0.1, 0.15) is 0 Å². The first-order chi connectivity index (χ1) is 14.9. The van der Waals surface area contributed by atoms with Gasteiger partial charge in [-0.15, -0.1) is 0 Å². The van der Waals surface area contributed by atoms with Crippen molar-refractivity contribution in [1.29, 1.82) is 0 Å². The first kappa shape index (κ1) is 19.7. The highest BCUT2D eigenvalue weighted by atomic mass is 14.2. The summed E-state index contributed by atoms with van der Waals surface area (Å²) >= 11 is 0. The van der Waals surface area contributed by atoms with Gasteiger partial charge in [0.2, 0.25) is 0 Å². The molecule has 0 N–H and O–H groups in total. The van der Waals surface area contributed by atoms with E-state index in [-0.39, 0.29) is 11.8 Å². The van der Waals surface area contributed by atoms with E-state index >= 15 is 0 Å². The van der Waals surface area contributed by atoms with Gasteiger partial charge in [-0.05, 0) is 22.3 Å². The number of allylic oxidation sites excluding steroid dienone is 2. The third kappa shape index (κ3) is 5.24. The Morgan fingerprint density at radius 2 is 0.667 bits per heavy atom. The molecule has 4 aromatic rings. The fourth-order valence-corrected chi connectivity index (χ4v) is 3.78.